The molecule has 1 aliphatic heterocycles. The van der Waals surface area contributed by atoms with Crippen molar-refractivity contribution in [1.82, 2.24) is 5.32 Å². The number of amides is 3. The molecule has 1 fully saturated rings. The van der Waals surface area contributed by atoms with Crippen molar-refractivity contribution < 1.29 is 9.59 Å². The van der Waals surface area contributed by atoms with E-state index in [4.69, 9.17) is 0 Å². The van der Waals surface area contributed by atoms with Crippen LogP contribution in [-0.2, 0) is 4.79 Å². The molecule has 2 rings (SSSR count). The van der Waals surface area contributed by atoms with E-state index in [1.807, 2.05) is 24.3 Å². The van der Waals surface area contributed by atoms with Crippen molar-refractivity contribution in [3.05, 3.63) is 27.8 Å². The minimum Gasteiger partial charge on any atom is -0.293 e. The Bertz CT molecular complexity index is 420. The van der Waals surface area contributed by atoms with Gasteiger partial charge in [-0.05, 0) is 34.7 Å². The zero-order valence-corrected chi connectivity index (χ0v) is 10.0. The summed E-state index contributed by atoms with van der Waals surface area (Å²) >= 11 is 2.17. The molecule has 0 spiro atoms. The Balaban J connectivity index is 2.28. The Hall–Kier alpha value is -1.11. The van der Waals surface area contributed by atoms with E-state index >= 15 is 0 Å². The Morgan fingerprint density at radius 2 is 2.00 bits per heavy atom. The Morgan fingerprint density at radius 1 is 1.27 bits per heavy atom. The van der Waals surface area contributed by atoms with Gasteiger partial charge in [-0.15, -0.1) is 0 Å². The molecule has 15 heavy (non-hydrogen) atoms. The second kappa shape index (κ2) is 4.18. The number of urea groups is 1. The fraction of sp³-hybridized carbons (Fsp3) is 0.200. The number of carbonyl (C=O) groups is 2. The van der Waals surface area contributed by atoms with Gasteiger partial charge in [0.05, 0.1) is 5.69 Å². The van der Waals surface area contributed by atoms with E-state index in [0.29, 0.717) is 13.0 Å². The first-order valence-corrected chi connectivity index (χ1v) is 5.62. The van der Waals surface area contributed by atoms with Gasteiger partial charge in [-0.1, -0.05) is 12.1 Å². The summed E-state index contributed by atoms with van der Waals surface area (Å²) in [4.78, 5) is 24.1. The van der Waals surface area contributed by atoms with E-state index in [1.165, 1.54) is 0 Å². The van der Waals surface area contributed by atoms with Crippen molar-refractivity contribution in [1.29, 1.82) is 0 Å². The quantitative estimate of drug-likeness (QED) is 0.802. The van der Waals surface area contributed by atoms with Crippen LogP contribution < -0.4 is 10.2 Å². The van der Waals surface area contributed by atoms with Crippen LogP contribution in [0.25, 0.3) is 0 Å². The van der Waals surface area contributed by atoms with Gasteiger partial charge >= 0.3 is 6.03 Å². The summed E-state index contributed by atoms with van der Waals surface area (Å²) in [6, 6.07) is 7.26. The third-order valence-electron chi connectivity index (χ3n) is 2.20. The van der Waals surface area contributed by atoms with Crippen molar-refractivity contribution in [3.8, 4) is 0 Å². The van der Waals surface area contributed by atoms with E-state index in [9.17, 15) is 9.59 Å². The van der Waals surface area contributed by atoms with Gasteiger partial charge in [0.15, 0.2) is 0 Å². The van der Waals surface area contributed by atoms with Gasteiger partial charge in [0.25, 0.3) is 0 Å². The van der Waals surface area contributed by atoms with Crippen LogP contribution in [0.15, 0.2) is 24.3 Å². The van der Waals surface area contributed by atoms with E-state index in [1.54, 1.807) is 4.90 Å². The number of rotatable bonds is 1. The van der Waals surface area contributed by atoms with E-state index < -0.39 is 0 Å². The molecule has 0 aliphatic carbocycles. The summed E-state index contributed by atoms with van der Waals surface area (Å²) in [5.74, 6) is -0.206. The lowest BCUT2D eigenvalue weighted by Crippen LogP contribution is -2.49. The number of hydrogen-bond acceptors (Lipinski definition) is 2. The molecule has 1 aromatic carbocycles. The average molecular weight is 316 g/mol. The van der Waals surface area contributed by atoms with Crippen LogP contribution in [0.4, 0.5) is 10.5 Å². The molecular formula is C10H9IN2O2. The lowest BCUT2D eigenvalue weighted by Gasteiger charge is -2.27. The first kappa shape index (κ1) is 10.4. The van der Waals surface area contributed by atoms with Gasteiger partial charge < -0.3 is 0 Å². The Kier molecular flexibility index (Phi) is 2.90. The zero-order chi connectivity index (χ0) is 10.8. The third-order valence-corrected chi connectivity index (χ3v) is 3.11. The number of hydrogen-bond donors (Lipinski definition) is 1. The molecule has 1 saturated heterocycles. The molecule has 1 heterocycles. The van der Waals surface area contributed by atoms with Crippen LogP contribution in [0.2, 0.25) is 0 Å². The lowest BCUT2D eigenvalue weighted by atomic mass is 10.2. The molecule has 0 unspecified atom stereocenters. The minimum atomic E-state index is -0.338. The summed E-state index contributed by atoms with van der Waals surface area (Å²) < 4.78 is 1.000. The molecule has 1 aliphatic rings. The zero-order valence-electron chi connectivity index (χ0n) is 7.87. The number of imide groups is 1. The van der Waals surface area contributed by atoms with Crippen LogP contribution in [0, 0.1) is 3.57 Å². The summed E-state index contributed by atoms with van der Waals surface area (Å²) in [7, 11) is 0. The maximum absolute atomic E-state index is 11.5. The monoisotopic (exact) mass is 316 g/mol. The normalized spacial score (nSPS) is 16.5. The van der Waals surface area contributed by atoms with Crippen LogP contribution >= 0.6 is 22.6 Å². The topological polar surface area (TPSA) is 49.4 Å². The molecule has 0 saturated carbocycles. The number of anilines is 1. The van der Waals surface area contributed by atoms with Gasteiger partial charge in [-0.2, -0.15) is 0 Å². The molecule has 1 N–H and O–H groups in total. The predicted octanol–water partition coefficient (Wildman–Crippen LogP) is 1.74. The fourth-order valence-corrected chi connectivity index (χ4v) is 2.14. The summed E-state index contributed by atoms with van der Waals surface area (Å²) in [5.41, 5.74) is 0.850. The molecule has 1 aromatic rings. The number of halogens is 1. The second-order valence-electron chi connectivity index (χ2n) is 3.21. The first-order chi connectivity index (χ1) is 7.18. The fourth-order valence-electron chi connectivity index (χ4n) is 1.46. The molecule has 5 heteroatoms. The highest BCUT2D eigenvalue weighted by Gasteiger charge is 2.24. The summed E-state index contributed by atoms with van der Waals surface area (Å²) in [6.45, 7) is 0.449. The van der Waals surface area contributed by atoms with E-state index in [0.717, 1.165) is 9.26 Å². The molecule has 4 nitrogen and oxygen atoms in total. The number of nitrogens with one attached hydrogen (secondary N) is 1. The second-order valence-corrected chi connectivity index (χ2v) is 4.37. The summed E-state index contributed by atoms with van der Waals surface area (Å²) in [6.07, 6.45) is 0.358. The minimum absolute atomic E-state index is 0.206. The predicted molar refractivity (Wildman–Crippen MR) is 64.7 cm³/mol. The van der Waals surface area contributed by atoms with E-state index in [2.05, 4.69) is 27.9 Å². The Morgan fingerprint density at radius 3 is 2.67 bits per heavy atom. The molecule has 78 valence electrons. The van der Waals surface area contributed by atoms with E-state index in [-0.39, 0.29) is 11.9 Å². The lowest BCUT2D eigenvalue weighted by molar-refractivity contribution is -0.120. The number of para-hydroxylation sites is 1. The highest BCUT2D eigenvalue weighted by atomic mass is 127. The van der Waals surface area contributed by atoms with Crippen molar-refractivity contribution in [3.63, 3.8) is 0 Å². The number of benzene rings is 1. The Labute approximate surface area is 101 Å². The van der Waals surface area contributed by atoms with Crippen molar-refractivity contribution >= 4 is 40.2 Å². The first-order valence-electron chi connectivity index (χ1n) is 4.54. The van der Waals surface area contributed by atoms with Gasteiger partial charge in [-0.3, -0.25) is 15.0 Å². The highest BCUT2D eigenvalue weighted by molar-refractivity contribution is 14.1. The van der Waals surface area contributed by atoms with Crippen LogP contribution in [0.5, 0.6) is 0 Å². The molecule has 0 aromatic heterocycles. The van der Waals surface area contributed by atoms with Crippen molar-refractivity contribution in [2.24, 2.45) is 0 Å². The highest BCUT2D eigenvalue weighted by Crippen LogP contribution is 2.23. The maximum atomic E-state index is 11.5. The van der Waals surface area contributed by atoms with Gasteiger partial charge in [0.1, 0.15) is 0 Å². The van der Waals surface area contributed by atoms with Crippen molar-refractivity contribution in [2.75, 3.05) is 11.4 Å². The van der Waals surface area contributed by atoms with Crippen molar-refractivity contribution in [2.45, 2.75) is 6.42 Å². The standard InChI is InChI=1S/C10H9IN2O2/c11-7-3-1-2-4-8(7)13-6-5-9(14)12-10(13)15/h1-4H,5-6H2,(H,12,14,15). The number of carbonyl (C=O) groups excluding carboxylic acids is 2. The maximum Gasteiger partial charge on any atom is 0.328 e. The van der Waals surface area contributed by atoms with Crippen LogP contribution in [-0.4, -0.2) is 18.5 Å². The average Bonchev–Trinajstić information content (AvgIpc) is 2.20. The molecule has 3 amide bonds. The molecular weight excluding hydrogens is 307 g/mol. The smallest absolute Gasteiger partial charge is 0.293 e. The van der Waals surface area contributed by atoms with Gasteiger partial charge in [-0.25, -0.2) is 4.79 Å². The van der Waals surface area contributed by atoms with Gasteiger partial charge in [0, 0.05) is 16.5 Å². The largest absolute Gasteiger partial charge is 0.328 e. The van der Waals surface area contributed by atoms with Gasteiger partial charge in [0.2, 0.25) is 5.91 Å². The molecule has 0 atom stereocenters. The van der Waals surface area contributed by atoms with Crippen LogP contribution in [0.1, 0.15) is 6.42 Å². The third kappa shape index (κ3) is 2.11. The summed E-state index contributed by atoms with van der Waals surface area (Å²) in [5, 5.41) is 2.30. The number of nitrogens with zero attached hydrogens (tertiary/aromatic N) is 1. The SMILES string of the molecule is O=C1CCN(c2ccccc2I)C(=O)N1. The van der Waals surface area contributed by atoms with Crippen LogP contribution in [0.3, 0.4) is 0 Å². The molecule has 0 bridgehead atoms. The molecule has 0 radical (unpaired) electrons.